The van der Waals surface area contributed by atoms with E-state index < -0.39 is 6.04 Å². The predicted molar refractivity (Wildman–Crippen MR) is 57.1 cm³/mol. The van der Waals surface area contributed by atoms with Crippen molar-refractivity contribution in [2.45, 2.75) is 13.0 Å². The Labute approximate surface area is 90.2 Å². The van der Waals surface area contributed by atoms with Crippen molar-refractivity contribution in [3.63, 3.8) is 0 Å². The van der Waals surface area contributed by atoms with Gasteiger partial charge in [0, 0.05) is 15.1 Å². The summed E-state index contributed by atoms with van der Waals surface area (Å²) < 4.78 is 0.683. The van der Waals surface area contributed by atoms with Gasteiger partial charge in [-0.2, -0.15) is 0 Å². The van der Waals surface area contributed by atoms with Crippen LogP contribution >= 0.6 is 27.5 Å². The molecule has 0 heterocycles. The highest BCUT2D eigenvalue weighted by Crippen LogP contribution is 2.22. The second-order valence-electron chi connectivity index (χ2n) is 2.78. The van der Waals surface area contributed by atoms with Gasteiger partial charge in [0.25, 0.3) is 0 Å². The van der Waals surface area contributed by atoms with E-state index >= 15 is 0 Å². The molecule has 1 unspecified atom stereocenters. The van der Waals surface area contributed by atoms with E-state index in [0.29, 0.717) is 15.1 Å². The Hall–Kier alpha value is -0.380. The third-order valence-corrected chi connectivity index (χ3v) is 2.50. The molecule has 0 saturated carbocycles. The molecule has 0 saturated heterocycles. The fourth-order valence-electron chi connectivity index (χ4n) is 0.935. The molecule has 0 fully saturated rings. The first kappa shape index (κ1) is 10.7. The monoisotopic (exact) mass is 261 g/mol. The summed E-state index contributed by atoms with van der Waals surface area (Å²) in [5.74, 6) is -0.0939. The molecule has 1 atom stereocenters. The van der Waals surface area contributed by atoms with Crippen molar-refractivity contribution in [3.05, 3.63) is 33.3 Å². The Bertz CT molecular complexity index is 338. The van der Waals surface area contributed by atoms with E-state index in [1.54, 1.807) is 25.1 Å². The lowest BCUT2D eigenvalue weighted by Crippen LogP contribution is -2.26. The highest BCUT2D eigenvalue weighted by molar-refractivity contribution is 9.10. The van der Waals surface area contributed by atoms with Crippen LogP contribution in [0.15, 0.2) is 22.7 Å². The highest BCUT2D eigenvalue weighted by atomic mass is 79.9. The van der Waals surface area contributed by atoms with Crippen LogP contribution < -0.4 is 5.73 Å². The van der Waals surface area contributed by atoms with Crippen molar-refractivity contribution in [2.24, 2.45) is 5.73 Å². The number of halogens is 2. The molecule has 13 heavy (non-hydrogen) atoms. The van der Waals surface area contributed by atoms with Crippen LogP contribution in [-0.2, 0) is 0 Å². The fraction of sp³-hybridized carbons (Fsp3) is 0.222. The van der Waals surface area contributed by atoms with Gasteiger partial charge in [-0.25, -0.2) is 0 Å². The average molecular weight is 263 g/mol. The average Bonchev–Trinajstić information content (AvgIpc) is 2.03. The Kier molecular flexibility index (Phi) is 3.47. The third-order valence-electron chi connectivity index (χ3n) is 1.61. The zero-order valence-electron chi connectivity index (χ0n) is 7.05. The quantitative estimate of drug-likeness (QED) is 0.833. The largest absolute Gasteiger partial charge is 0.321 e. The molecular weight excluding hydrogens is 253 g/mol. The van der Waals surface area contributed by atoms with Crippen LogP contribution in [0, 0.1) is 0 Å². The molecule has 1 rings (SSSR count). The highest BCUT2D eigenvalue weighted by Gasteiger charge is 2.13. The van der Waals surface area contributed by atoms with Gasteiger partial charge in [0.15, 0.2) is 5.78 Å². The van der Waals surface area contributed by atoms with Crippen LogP contribution in [0.3, 0.4) is 0 Å². The van der Waals surface area contributed by atoms with Crippen LogP contribution in [0.5, 0.6) is 0 Å². The number of rotatable bonds is 2. The molecule has 0 aliphatic rings. The molecule has 2 nitrogen and oxygen atoms in total. The lowest BCUT2D eigenvalue weighted by Gasteiger charge is -2.06. The Morgan fingerprint density at radius 1 is 1.62 bits per heavy atom. The topological polar surface area (TPSA) is 43.1 Å². The first-order chi connectivity index (χ1) is 6.02. The number of benzene rings is 1. The normalized spacial score (nSPS) is 12.6. The van der Waals surface area contributed by atoms with Crippen molar-refractivity contribution in [1.29, 1.82) is 0 Å². The van der Waals surface area contributed by atoms with E-state index in [4.69, 9.17) is 17.3 Å². The molecule has 1 aromatic carbocycles. The minimum absolute atomic E-state index is 0.0939. The number of carbonyl (C=O) groups excluding carboxylic acids is 1. The summed E-state index contributed by atoms with van der Waals surface area (Å²) in [6.45, 7) is 1.66. The maximum atomic E-state index is 11.5. The molecular formula is C9H9BrClNO. The number of carbonyl (C=O) groups is 1. The minimum atomic E-state index is -0.488. The van der Waals surface area contributed by atoms with Crippen molar-refractivity contribution in [2.75, 3.05) is 0 Å². The SMILES string of the molecule is CC(N)C(=O)c1ccc(Cl)cc1Br. The van der Waals surface area contributed by atoms with Crippen LogP contribution in [0.25, 0.3) is 0 Å². The second kappa shape index (κ2) is 4.22. The van der Waals surface area contributed by atoms with Crippen molar-refractivity contribution >= 4 is 33.3 Å². The van der Waals surface area contributed by atoms with Gasteiger partial charge in [-0.3, -0.25) is 4.79 Å². The first-order valence-corrected chi connectivity index (χ1v) is 4.94. The molecule has 0 bridgehead atoms. The number of Topliss-reactive ketones (excluding diaryl/α,β-unsaturated/α-hetero) is 1. The Morgan fingerprint density at radius 2 is 2.23 bits per heavy atom. The van der Waals surface area contributed by atoms with E-state index in [1.165, 1.54) is 0 Å². The van der Waals surface area contributed by atoms with Gasteiger partial charge < -0.3 is 5.73 Å². The summed E-state index contributed by atoms with van der Waals surface area (Å²) in [6, 6.07) is 4.52. The van der Waals surface area contributed by atoms with Gasteiger partial charge in [0.2, 0.25) is 0 Å². The van der Waals surface area contributed by atoms with E-state index in [0.717, 1.165) is 0 Å². The molecule has 0 aliphatic carbocycles. The lowest BCUT2D eigenvalue weighted by atomic mass is 10.1. The van der Waals surface area contributed by atoms with E-state index in [2.05, 4.69) is 15.9 Å². The second-order valence-corrected chi connectivity index (χ2v) is 4.07. The lowest BCUT2D eigenvalue weighted by molar-refractivity contribution is 0.0967. The smallest absolute Gasteiger partial charge is 0.180 e. The summed E-state index contributed by atoms with van der Waals surface area (Å²) in [5, 5.41) is 0.591. The van der Waals surface area contributed by atoms with Crippen molar-refractivity contribution in [3.8, 4) is 0 Å². The molecule has 0 aromatic heterocycles. The maximum Gasteiger partial charge on any atom is 0.180 e. The van der Waals surface area contributed by atoms with Crippen LogP contribution in [0.4, 0.5) is 0 Å². The summed E-state index contributed by atoms with van der Waals surface area (Å²) in [4.78, 5) is 11.5. The molecule has 70 valence electrons. The number of hydrogen-bond donors (Lipinski definition) is 1. The summed E-state index contributed by atoms with van der Waals surface area (Å²) in [7, 11) is 0. The minimum Gasteiger partial charge on any atom is -0.321 e. The van der Waals surface area contributed by atoms with Crippen molar-refractivity contribution in [1.82, 2.24) is 0 Å². The van der Waals surface area contributed by atoms with E-state index in [1.807, 2.05) is 0 Å². The number of hydrogen-bond acceptors (Lipinski definition) is 2. The number of nitrogens with two attached hydrogens (primary N) is 1. The molecule has 0 aliphatic heterocycles. The van der Waals surface area contributed by atoms with Gasteiger partial charge in [0.1, 0.15) is 0 Å². The zero-order valence-corrected chi connectivity index (χ0v) is 9.39. The Morgan fingerprint density at radius 3 is 2.69 bits per heavy atom. The Balaban J connectivity index is 3.09. The van der Waals surface area contributed by atoms with Gasteiger partial charge in [-0.15, -0.1) is 0 Å². The summed E-state index contributed by atoms with van der Waals surface area (Å²) in [5.41, 5.74) is 6.04. The molecule has 0 spiro atoms. The summed E-state index contributed by atoms with van der Waals surface area (Å²) in [6.07, 6.45) is 0. The van der Waals surface area contributed by atoms with Gasteiger partial charge in [-0.1, -0.05) is 11.6 Å². The first-order valence-electron chi connectivity index (χ1n) is 3.77. The number of ketones is 1. The van der Waals surface area contributed by atoms with Crippen LogP contribution in [-0.4, -0.2) is 11.8 Å². The van der Waals surface area contributed by atoms with Gasteiger partial charge >= 0.3 is 0 Å². The van der Waals surface area contributed by atoms with Crippen molar-refractivity contribution < 1.29 is 4.79 Å². The van der Waals surface area contributed by atoms with Gasteiger partial charge in [-0.05, 0) is 41.1 Å². The van der Waals surface area contributed by atoms with Crippen LogP contribution in [0.2, 0.25) is 5.02 Å². The molecule has 0 amide bonds. The summed E-state index contributed by atoms with van der Waals surface area (Å²) >= 11 is 8.98. The maximum absolute atomic E-state index is 11.5. The fourth-order valence-corrected chi connectivity index (χ4v) is 1.81. The van der Waals surface area contributed by atoms with E-state index in [-0.39, 0.29) is 5.78 Å². The van der Waals surface area contributed by atoms with Crippen LogP contribution in [0.1, 0.15) is 17.3 Å². The molecule has 0 radical (unpaired) electrons. The standard InChI is InChI=1S/C9H9BrClNO/c1-5(12)9(13)7-3-2-6(11)4-8(7)10/h2-5H,12H2,1H3. The molecule has 1 aromatic rings. The molecule has 4 heteroatoms. The zero-order chi connectivity index (χ0) is 10.0. The van der Waals surface area contributed by atoms with Gasteiger partial charge in [0.05, 0.1) is 6.04 Å². The molecule has 2 N–H and O–H groups in total. The van der Waals surface area contributed by atoms with E-state index in [9.17, 15) is 4.79 Å². The predicted octanol–water partition coefficient (Wildman–Crippen LogP) is 2.63. The third kappa shape index (κ3) is 2.53.